The van der Waals surface area contributed by atoms with E-state index in [2.05, 4.69) is 72.8 Å². The minimum Gasteiger partial charge on any atom is -0.493 e. The third kappa shape index (κ3) is 3.78. The van der Waals surface area contributed by atoms with Crippen molar-refractivity contribution in [2.24, 2.45) is 4.99 Å². The summed E-state index contributed by atoms with van der Waals surface area (Å²) in [5.41, 5.74) is 3.45. The molecule has 0 N–H and O–H groups in total. The molecular weight excluding hydrogens is 392 g/mol. The summed E-state index contributed by atoms with van der Waals surface area (Å²) in [6.07, 6.45) is 2.98. The lowest BCUT2D eigenvalue weighted by Crippen LogP contribution is -2.35. The standard InChI is InChI=1S/C24H32N4OS/c1-5-17-16-30-24-26-22(20-11-9-10-14-25-20)23(28(17)24)19-13-12-18(27(6-2)7-3)15-21(19)29-8-4/h9-15,17,22-23H,5-8,16H2,1-4H3/t17-,22+,23+/m0/s1. The zero-order valence-electron chi connectivity index (χ0n) is 18.4. The number of benzene rings is 1. The van der Waals surface area contributed by atoms with Gasteiger partial charge in [-0.25, -0.2) is 0 Å². The third-order valence-electron chi connectivity index (χ3n) is 6.07. The fourth-order valence-electron chi connectivity index (χ4n) is 4.52. The van der Waals surface area contributed by atoms with Crippen LogP contribution in [0.25, 0.3) is 0 Å². The zero-order chi connectivity index (χ0) is 21.1. The molecule has 160 valence electrons. The van der Waals surface area contributed by atoms with Gasteiger partial charge in [-0.1, -0.05) is 30.8 Å². The SMILES string of the molecule is CCOc1cc(N(CC)CC)ccc1[C@@H]1[C@@H](c2ccccn2)N=C2SC[C@H](CC)N21. The second-order valence-corrected chi connectivity index (χ2v) is 8.65. The number of hydrogen-bond donors (Lipinski definition) is 0. The lowest BCUT2D eigenvalue weighted by Gasteiger charge is -2.33. The molecule has 0 spiro atoms. The molecule has 6 heteroatoms. The highest BCUT2D eigenvalue weighted by Crippen LogP contribution is 2.50. The fraction of sp³-hybridized carbons (Fsp3) is 0.500. The highest BCUT2D eigenvalue weighted by Gasteiger charge is 2.46. The second kappa shape index (κ2) is 9.29. The fourth-order valence-corrected chi connectivity index (χ4v) is 5.86. The molecule has 0 saturated carbocycles. The number of ether oxygens (including phenoxy) is 1. The van der Waals surface area contributed by atoms with Gasteiger partial charge in [-0.3, -0.25) is 9.98 Å². The van der Waals surface area contributed by atoms with E-state index in [1.54, 1.807) is 0 Å². The van der Waals surface area contributed by atoms with Gasteiger partial charge in [0, 0.05) is 48.4 Å². The van der Waals surface area contributed by atoms with Gasteiger partial charge < -0.3 is 14.5 Å². The van der Waals surface area contributed by atoms with E-state index in [4.69, 9.17) is 9.73 Å². The number of nitrogens with zero attached hydrogens (tertiary/aromatic N) is 4. The maximum atomic E-state index is 6.20. The van der Waals surface area contributed by atoms with E-state index in [0.717, 1.165) is 41.9 Å². The van der Waals surface area contributed by atoms with E-state index >= 15 is 0 Å². The average Bonchev–Trinajstić information content (AvgIpc) is 3.35. The van der Waals surface area contributed by atoms with E-state index in [9.17, 15) is 0 Å². The second-order valence-electron chi connectivity index (χ2n) is 7.66. The van der Waals surface area contributed by atoms with Crippen LogP contribution in [-0.4, -0.2) is 46.5 Å². The number of thioether (sulfide) groups is 1. The normalized spacial score (nSPS) is 22.7. The lowest BCUT2D eigenvalue weighted by molar-refractivity contribution is 0.245. The average molecular weight is 425 g/mol. The van der Waals surface area contributed by atoms with Crippen LogP contribution in [0.15, 0.2) is 47.6 Å². The molecule has 2 aromatic rings. The van der Waals surface area contributed by atoms with Crippen molar-refractivity contribution in [3.63, 3.8) is 0 Å². The summed E-state index contributed by atoms with van der Waals surface area (Å²) in [5, 5.41) is 1.15. The zero-order valence-corrected chi connectivity index (χ0v) is 19.2. The Labute approximate surface area is 184 Å². The minimum atomic E-state index is -0.0124. The summed E-state index contributed by atoms with van der Waals surface area (Å²) in [6.45, 7) is 11.3. The maximum Gasteiger partial charge on any atom is 0.160 e. The van der Waals surface area contributed by atoms with Crippen LogP contribution in [0.3, 0.4) is 0 Å². The molecule has 1 saturated heterocycles. The van der Waals surface area contributed by atoms with E-state index in [1.165, 1.54) is 11.3 Å². The van der Waals surface area contributed by atoms with Gasteiger partial charge in [0.2, 0.25) is 0 Å². The third-order valence-corrected chi connectivity index (χ3v) is 7.20. The summed E-state index contributed by atoms with van der Waals surface area (Å²) >= 11 is 1.88. The molecule has 0 radical (unpaired) electrons. The molecular formula is C24H32N4OS. The number of anilines is 1. The predicted molar refractivity (Wildman–Crippen MR) is 127 cm³/mol. The summed E-state index contributed by atoms with van der Waals surface area (Å²) in [5.74, 6) is 2.07. The van der Waals surface area contributed by atoms with Gasteiger partial charge in [-0.05, 0) is 45.4 Å². The molecule has 0 unspecified atom stereocenters. The maximum absolute atomic E-state index is 6.20. The number of amidine groups is 1. The minimum absolute atomic E-state index is 0.0124. The van der Waals surface area contributed by atoms with Crippen molar-refractivity contribution in [3.8, 4) is 5.75 Å². The first kappa shape index (κ1) is 21.0. The number of pyridine rings is 1. The predicted octanol–water partition coefficient (Wildman–Crippen LogP) is 5.31. The Balaban J connectivity index is 1.80. The summed E-state index contributed by atoms with van der Waals surface area (Å²) in [4.78, 5) is 14.7. The Morgan fingerprint density at radius 1 is 1.13 bits per heavy atom. The number of fused-ring (bicyclic) bond motifs is 1. The van der Waals surface area contributed by atoms with Gasteiger partial charge in [0.15, 0.2) is 5.17 Å². The van der Waals surface area contributed by atoms with Gasteiger partial charge in [-0.2, -0.15) is 0 Å². The Kier molecular flexibility index (Phi) is 6.52. The van der Waals surface area contributed by atoms with Crippen molar-refractivity contribution in [2.45, 2.75) is 52.2 Å². The van der Waals surface area contributed by atoms with Crippen LogP contribution in [-0.2, 0) is 0 Å². The molecule has 3 atom stereocenters. The Morgan fingerprint density at radius 3 is 2.63 bits per heavy atom. The van der Waals surface area contributed by atoms with Crippen LogP contribution in [0, 0.1) is 0 Å². The molecule has 0 bridgehead atoms. The largest absolute Gasteiger partial charge is 0.493 e. The molecule has 0 aliphatic carbocycles. The summed E-state index contributed by atoms with van der Waals surface area (Å²) in [6, 6.07) is 13.4. The smallest absolute Gasteiger partial charge is 0.160 e. The molecule has 5 nitrogen and oxygen atoms in total. The monoisotopic (exact) mass is 424 g/mol. The number of aliphatic imine (C=N–C) groups is 1. The Bertz CT molecular complexity index is 884. The Hall–Kier alpha value is -2.21. The van der Waals surface area contributed by atoms with Crippen LogP contribution in [0.2, 0.25) is 0 Å². The van der Waals surface area contributed by atoms with Gasteiger partial charge in [-0.15, -0.1) is 0 Å². The first-order valence-electron chi connectivity index (χ1n) is 11.1. The van der Waals surface area contributed by atoms with Crippen molar-refractivity contribution in [1.29, 1.82) is 0 Å². The van der Waals surface area contributed by atoms with E-state index in [1.807, 2.05) is 24.0 Å². The van der Waals surface area contributed by atoms with Crippen LogP contribution < -0.4 is 9.64 Å². The van der Waals surface area contributed by atoms with Crippen molar-refractivity contribution < 1.29 is 4.74 Å². The molecule has 1 aromatic heterocycles. The topological polar surface area (TPSA) is 41.0 Å². The first-order chi connectivity index (χ1) is 14.7. The van der Waals surface area contributed by atoms with Gasteiger partial charge in [0.25, 0.3) is 0 Å². The molecule has 30 heavy (non-hydrogen) atoms. The quantitative estimate of drug-likeness (QED) is 0.575. The summed E-state index contributed by atoms with van der Waals surface area (Å²) in [7, 11) is 0. The van der Waals surface area contributed by atoms with Gasteiger partial charge in [0.05, 0.1) is 18.3 Å². The van der Waals surface area contributed by atoms with Crippen LogP contribution in [0.5, 0.6) is 5.75 Å². The van der Waals surface area contributed by atoms with Gasteiger partial charge in [0.1, 0.15) is 11.8 Å². The van der Waals surface area contributed by atoms with Crippen LogP contribution >= 0.6 is 11.8 Å². The molecule has 2 aliphatic heterocycles. The summed E-state index contributed by atoms with van der Waals surface area (Å²) < 4.78 is 6.20. The molecule has 1 aromatic carbocycles. The first-order valence-corrected chi connectivity index (χ1v) is 12.1. The van der Waals surface area contributed by atoms with Gasteiger partial charge >= 0.3 is 0 Å². The van der Waals surface area contributed by atoms with Crippen molar-refractivity contribution in [2.75, 3.05) is 30.3 Å². The number of hydrogen-bond acceptors (Lipinski definition) is 6. The Morgan fingerprint density at radius 2 is 1.97 bits per heavy atom. The highest BCUT2D eigenvalue weighted by atomic mass is 32.2. The van der Waals surface area contributed by atoms with E-state index < -0.39 is 0 Å². The number of aromatic nitrogens is 1. The van der Waals surface area contributed by atoms with Crippen LogP contribution in [0.4, 0.5) is 5.69 Å². The highest BCUT2D eigenvalue weighted by molar-refractivity contribution is 8.14. The molecule has 0 amide bonds. The number of rotatable bonds is 8. The van der Waals surface area contributed by atoms with Crippen molar-refractivity contribution >= 4 is 22.6 Å². The van der Waals surface area contributed by atoms with Crippen molar-refractivity contribution in [3.05, 3.63) is 53.9 Å². The van der Waals surface area contributed by atoms with Crippen LogP contribution in [0.1, 0.15) is 57.5 Å². The van der Waals surface area contributed by atoms with E-state index in [0.29, 0.717) is 12.6 Å². The molecule has 1 fully saturated rings. The molecule has 2 aliphatic rings. The molecule has 3 heterocycles. The lowest BCUT2D eigenvalue weighted by atomic mass is 9.94. The van der Waals surface area contributed by atoms with E-state index in [-0.39, 0.29) is 12.1 Å². The molecule has 4 rings (SSSR count). The van der Waals surface area contributed by atoms with Crippen molar-refractivity contribution in [1.82, 2.24) is 9.88 Å².